The minimum Gasteiger partial charge on any atom is -0.342 e. The molecule has 1 heterocycles. The van der Waals surface area contributed by atoms with Gasteiger partial charge in [0.05, 0.1) is 12.0 Å². The van der Waals surface area contributed by atoms with Crippen molar-refractivity contribution < 1.29 is 4.79 Å². The summed E-state index contributed by atoms with van der Waals surface area (Å²) in [5.74, 6) is 0.614. The van der Waals surface area contributed by atoms with Gasteiger partial charge in [-0.15, -0.1) is 0 Å². The Hall–Kier alpha value is -1.08. The van der Waals surface area contributed by atoms with Gasteiger partial charge >= 0.3 is 0 Å². The van der Waals surface area contributed by atoms with Gasteiger partial charge in [0.25, 0.3) is 0 Å². The van der Waals surface area contributed by atoms with Crippen molar-refractivity contribution >= 4 is 5.91 Å². The van der Waals surface area contributed by atoms with Crippen molar-refractivity contribution in [1.29, 1.82) is 5.26 Å². The zero-order valence-corrected chi connectivity index (χ0v) is 9.49. The van der Waals surface area contributed by atoms with Crippen LogP contribution < -0.4 is 5.32 Å². The van der Waals surface area contributed by atoms with Crippen LogP contribution in [0.4, 0.5) is 0 Å². The average Bonchev–Trinajstić information content (AvgIpc) is 2.19. The lowest BCUT2D eigenvalue weighted by molar-refractivity contribution is -0.132. The van der Waals surface area contributed by atoms with Crippen LogP contribution in [0.5, 0.6) is 0 Å². The van der Waals surface area contributed by atoms with E-state index in [1.54, 1.807) is 4.90 Å². The highest BCUT2D eigenvalue weighted by atomic mass is 16.2. The number of carbonyl (C=O) groups is 1. The maximum atomic E-state index is 11.8. The maximum absolute atomic E-state index is 11.8. The Morgan fingerprint density at radius 2 is 2.33 bits per heavy atom. The monoisotopic (exact) mass is 209 g/mol. The lowest BCUT2D eigenvalue weighted by Crippen LogP contribution is -2.45. The second-order valence-corrected chi connectivity index (χ2v) is 4.19. The normalized spacial score (nSPS) is 17.7. The van der Waals surface area contributed by atoms with Crippen molar-refractivity contribution in [2.45, 2.75) is 20.3 Å². The van der Waals surface area contributed by atoms with Gasteiger partial charge in [0.1, 0.15) is 0 Å². The predicted octanol–water partition coefficient (Wildman–Crippen LogP) is 0.604. The number of carbonyl (C=O) groups excluding carboxylic acids is 1. The minimum atomic E-state index is -0.0755. The molecule has 0 saturated carbocycles. The van der Waals surface area contributed by atoms with Gasteiger partial charge < -0.3 is 10.2 Å². The van der Waals surface area contributed by atoms with Gasteiger partial charge in [-0.3, -0.25) is 4.79 Å². The fourth-order valence-electron chi connectivity index (χ4n) is 1.65. The number of amides is 1. The zero-order chi connectivity index (χ0) is 11.3. The van der Waals surface area contributed by atoms with E-state index < -0.39 is 0 Å². The Morgan fingerprint density at radius 1 is 1.67 bits per heavy atom. The smallest absolute Gasteiger partial charge is 0.222 e. The molecule has 0 aromatic carbocycles. The number of nitriles is 1. The summed E-state index contributed by atoms with van der Waals surface area (Å²) in [4.78, 5) is 13.6. The molecule has 4 heteroatoms. The standard InChI is InChI=1S/C11H19N3O/c1-3-14(8-9(2)5-12)11(15)4-10-6-13-7-10/h9-10,13H,3-4,6-8H2,1-2H3. The Labute approximate surface area is 91.2 Å². The Kier molecular flexibility index (Phi) is 4.57. The molecule has 0 radical (unpaired) electrons. The summed E-state index contributed by atoms with van der Waals surface area (Å²) >= 11 is 0. The van der Waals surface area contributed by atoms with E-state index in [-0.39, 0.29) is 11.8 Å². The molecule has 15 heavy (non-hydrogen) atoms. The maximum Gasteiger partial charge on any atom is 0.222 e. The molecule has 1 amide bonds. The molecule has 0 spiro atoms. The van der Waals surface area contributed by atoms with E-state index >= 15 is 0 Å². The highest BCUT2D eigenvalue weighted by Crippen LogP contribution is 2.11. The van der Waals surface area contributed by atoms with Crippen molar-refractivity contribution in [2.75, 3.05) is 26.2 Å². The molecule has 1 fully saturated rings. The first-order chi connectivity index (χ1) is 7.17. The summed E-state index contributed by atoms with van der Waals surface area (Å²) in [6.07, 6.45) is 0.624. The van der Waals surface area contributed by atoms with Crippen LogP contribution in [-0.2, 0) is 4.79 Å². The van der Waals surface area contributed by atoms with Crippen LogP contribution >= 0.6 is 0 Å². The number of nitrogens with one attached hydrogen (secondary N) is 1. The summed E-state index contributed by atoms with van der Waals surface area (Å²) in [5.41, 5.74) is 0. The van der Waals surface area contributed by atoms with Crippen LogP contribution in [0.15, 0.2) is 0 Å². The Bertz CT molecular complexity index is 255. The molecule has 1 saturated heterocycles. The Balaban J connectivity index is 2.35. The lowest BCUT2D eigenvalue weighted by Gasteiger charge is -2.29. The van der Waals surface area contributed by atoms with E-state index in [1.165, 1.54) is 0 Å². The van der Waals surface area contributed by atoms with E-state index in [9.17, 15) is 4.79 Å². The molecule has 1 aliphatic heterocycles. The molecule has 0 aromatic heterocycles. The van der Waals surface area contributed by atoms with Gasteiger partial charge in [-0.25, -0.2) is 0 Å². The molecule has 1 atom stereocenters. The fourth-order valence-corrected chi connectivity index (χ4v) is 1.65. The van der Waals surface area contributed by atoms with Gasteiger partial charge in [0, 0.05) is 19.5 Å². The molecule has 84 valence electrons. The van der Waals surface area contributed by atoms with Crippen molar-refractivity contribution in [3.8, 4) is 6.07 Å². The van der Waals surface area contributed by atoms with Crippen LogP contribution in [0, 0.1) is 23.2 Å². The van der Waals surface area contributed by atoms with E-state index in [2.05, 4.69) is 11.4 Å². The zero-order valence-electron chi connectivity index (χ0n) is 9.49. The van der Waals surface area contributed by atoms with Gasteiger partial charge in [-0.2, -0.15) is 5.26 Å². The van der Waals surface area contributed by atoms with Gasteiger partial charge in [-0.1, -0.05) is 0 Å². The number of hydrogen-bond acceptors (Lipinski definition) is 3. The molecule has 0 aromatic rings. The van der Waals surface area contributed by atoms with Crippen molar-refractivity contribution in [3.63, 3.8) is 0 Å². The number of hydrogen-bond donors (Lipinski definition) is 1. The Morgan fingerprint density at radius 3 is 2.73 bits per heavy atom. The predicted molar refractivity (Wildman–Crippen MR) is 58.0 cm³/mol. The topological polar surface area (TPSA) is 56.1 Å². The third kappa shape index (κ3) is 3.52. The molecule has 1 unspecified atom stereocenters. The number of rotatable bonds is 5. The first-order valence-corrected chi connectivity index (χ1v) is 5.55. The lowest BCUT2D eigenvalue weighted by atomic mass is 9.98. The minimum absolute atomic E-state index is 0.0755. The first-order valence-electron chi connectivity index (χ1n) is 5.55. The third-order valence-corrected chi connectivity index (χ3v) is 2.78. The van der Waals surface area contributed by atoms with Crippen LogP contribution in [0.3, 0.4) is 0 Å². The molecular weight excluding hydrogens is 190 g/mol. The number of nitrogens with zero attached hydrogens (tertiary/aromatic N) is 2. The van der Waals surface area contributed by atoms with Crippen LogP contribution in [0.25, 0.3) is 0 Å². The second kappa shape index (κ2) is 5.72. The molecule has 1 aliphatic rings. The molecule has 0 aliphatic carbocycles. The SMILES string of the molecule is CCN(CC(C)C#N)C(=O)CC1CNC1. The van der Waals surface area contributed by atoms with E-state index in [1.807, 2.05) is 13.8 Å². The van der Waals surface area contributed by atoms with Gasteiger partial charge in [-0.05, 0) is 32.9 Å². The van der Waals surface area contributed by atoms with Crippen LogP contribution in [-0.4, -0.2) is 37.0 Å². The highest BCUT2D eigenvalue weighted by Gasteiger charge is 2.23. The van der Waals surface area contributed by atoms with Crippen molar-refractivity contribution in [3.05, 3.63) is 0 Å². The van der Waals surface area contributed by atoms with Crippen LogP contribution in [0.1, 0.15) is 20.3 Å². The van der Waals surface area contributed by atoms with E-state index in [4.69, 9.17) is 5.26 Å². The molecular formula is C11H19N3O. The van der Waals surface area contributed by atoms with Gasteiger partial charge in [0.2, 0.25) is 5.91 Å². The van der Waals surface area contributed by atoms with Gasteiger partial charge in [0.15, 0.2) is 0 Å². The summed E-state index contributed by atoms with van der Waals surface area (Å²) in [7, 11) is 0. The second-order valence-electron chi connectivity index (χ2n) is 4.19. The third-order valence-electron chi connectivity index (χ3n) is 2.78. The summed E-state index contributed by atoms with van der Waals surface area (Å²) in [6, 6.07) is 2.16. The van der Waals surface area contributed by atoms with E-state index in [0.29, 0.717) is 25.4 Å². The largest absolute Gasteiger partial charge is 0.342 e. The summed E-state index contributed by atoms with van der Waals surface area (Å²) < 4.78 is 0. The summed E-state index contributed by atoms with van der Waals surface area (Å²) in [5, 5.41) is 11.9. The summed E-state index contributed by atoms with van der Waals surface area (Å²) in [6.45, 7) is 6.98. The highest BCUT2D eigenvalue weighted by molar-refractivity contribution is 5.76. The average molecular weight is 209 g/mol. The fraction of sp³-hybridized carbons (Fsp3) is 0.818. The quantitative estimate of drug-likeness (QED) is 0.721. The molecule has 1 N–H and O–H groups in total. The molecule has 1 rings (SSSR count). The van der Waals surface area contributed by atoms with E-state index in [0.717, 1.165) is 13.1 Å². The molecule has 0 bridgehead atoms. The first kappa shape index (κ1) is 12.0. The van der Waals surface area contributed by atoms with Crippen molar-refractivity contribution in [1.82, 2.24) is 10.2 Å². The van der Waals surface area contributed by atoms with Crippen LogP contribution in [0.2, 0.25) is 0 Å². The molecule has 4 nitrogen and oxygen atoms in total. The van der Waals surface area contributed by atoms with Crippen molar-refractivity contribution in [2.24, 2.45) is 11.8 Å².